The van der Waals surface area contributed by atoms with Crippen molar-refractivity contribution in [1.82, 2.24) is 14.7 Å². The molecule has 3 rings (SSSR count). The third-order valence-electron chi connectivity index (χ3n) is 5.32. The molecule has 0 bridgehead atoms. The number of piperazine rings is 1. The topological polar surface area (TPSA) is 53.1 Å². The van der Waals surface area contributed by atoms with E-state index >= 15 is 0 Å². The maximum absolute atomic E-state index is 13.3. The third kappa shape index (κ3) is 4.25. The summed E-state index contributed by atoms with van der Waals surface area (Å²) in [5, 5.41) is 0.300. The molecule has 0 spiro atoms. The van der Waals surface area contributed by atoms with Crippen LogP contribution >= 0.6 is 11.6 Å². The number of methoxy groups -OCH3 is 1. The van der Waals surface area contributed by atoms with Crippen LogP contribution in [0.15, 0.2) is 18.2 Å². The number of ether oxygens (including phenoxy) is 1. The SMILES string of the molecule is COCCN1C[C@H]2CN(Cc3ccc(F)cc3Cl)C(=O)N2[C@@H](CC(C)C)C1=O. The highest BCUT2D eigenvalue weighted by Gasteiger charge is 2.49. The first-order chi connectivity index (χ1) is 13.3. The van der Waals surface area contributed by atoms with E-state index in [0.717, 1.165) is 0 Å². The molecule has 154 valence electrons. The van der Waals surface area contributed by atoms with Gasteiger partial charge in [-0.3, -0.25) is 4.79 Å². The van der Waals surface area contributed by atoms with Gasteiger partial charge in [0, 0.05) is 38.3 Å². The number of nitrogens with zero attached hydrogens (tertiary/aromatic N) is 3. The Balaban J connectivity index is 1.81. The minimum atomic E-state index is -0.461. The quantitative estimate of drug-likeness (QED) is 0.693. The average molecular weight is 412 g/mol. The van der Waals surface area contributed by atoms with Crippen molar-refractivity contribution in [3.63, 3.8) is 0 Å². The van der Waals surface area contributed by atoms with Crippen LogP contribution in [0.25, 0.3) is 0 Å². The molecule has 0 N–H and O–H groups in total. The molecule has 2 aliphatic heterocycles. The highest BCUT2D eigenvalue weighted by molar-refractivity contribution is 6.31. The van der Waals surface area contributed by atoms with Crippen LogP contribution in [0.5, 0.6) is 0 Å². The van der Waals surface area contributed by atoms with Gasteiger partial charge < -0.3 is 19.4 Å². The van der Waals surface area contributed by atoms with Gasteiger partial charge in [-0.05, 0) is 30.0 Å². The molecule has 2 heterocycles. The fourth-order valence-electron chi connectivity index (χ4n) is 4.00. The predicted octanol–water partition coefficient (Wildman–Crippen LogP) is 2.99. The van der Waals surface area contributed by atoms with E-state index in [1.807, 2.05) is 13.8 Å². The molecule has 2 saturated heterocycles. The van der Waals surface area contributed by atoms with Crippen LogP contribution in [0, 0.1) is 11.7 Å². The second kappa shape index (κ2) is 8.66. The lowest BCUT2D eigenvalue weighted by molar-refractivity contribution is -0.143. The first-order valence-electron chi connectivity index (χ1n) is 9.60. The van der Waals surface area contributed by atoms with E-state index < -0.39 is 11.9 Å². The number of carbonyl (C=O) groups excluding carboxylic acids is 2. The fraction of sp³-hybridized carbons (Fsp3) is 0.600. The Hall–Kier alpha value is -1.86. The number of rotatable bonds is 7. The molecule has 0 aliphatic carbocycles. The smallest absolute Gasteiger partial charge is 0.321 e. The lowest BCUT2D eigenvalue weighted by atomic mass is 9.97. The van der Waals surface area contributed by atoms with Crippen LogP contribution in [0.4, 0.5) is 9.18 Å². The molecule has 6 nitrogen and oxygen atoms in total. The number of halogens is 2. The van der Waals surface area contributed by atoms with Gasteiger partial charge in [0.1, 0.15) is 11.9 Å². The van der Waals surface area contributed by atoms with E-state index in [2.05, 4.69) is 0 Å². The molecule has 3 amide bonds. The summed E-state index contributed by atoms with van der Waals surface area (Å²) in [4.78, 5) is 31.4. The summed E-state index contributed by atoms with van der Waals surface area (Å²) < 4.78 is 18.4. The van der Waals surface area contributed by atoms with Gasteiger partial charge in [0.25, 0.3) is 0 Å². The van der Waals surface area contributed by atoms with E-state index in [4.69, 9.17) is 16.3 Å². The van der Waals surface area contributed by atoms with Gasteiger partial charge in [0.2, 0.25) is 5.91 Å². The van der Waals surface area contributed by atoms with Gasteiger partial charge in [-0.2, -0.15) is 0 Å². The maximum Gasteiger partial charge on any atom is 0.321 e. The monoisotopic (exact) mass is 411 g/mol. The lowest BCUT2D eigenvalue weighted by Crippen LogP contribution is -2.61. The molecule has 1 aromatic rings. The van der Waals surface area contributed by atoms with Crippen LogP contribution in [0.2, 0.25) is 5.02 Å². The molecule has 0 aromatic heterocycles. The van der Waals surface area contributed by atoms with E-state index in [9.17, 15) is 14.0 Å². The third-order valence-corrected chi connectivity index (χ3v) is 5.67. The summed E-state index contributed by atoms with van der Waals surface area (Å²) in [6, 6.07) is 3.51. The highest BCUT2D eigenvalue weighted by Crippen LogP contribution is 2.31. The Labute approximate surface area is 170 Å². The molecule has 8 heteroatoms. The van der Waals surface area contributed by atoms with Crippen molar-refractivity contribution in [3.8, 4) is 0 Å². The Morgan fingerprint density at radius 3 is 2.61 bits per heavy atom. The standard InChI is InChI=1S/C20H27ClFN3O3/c1-13(2)8-18-19(26)23(6-7-28-3)11-16-12-24(20(27)25(16)18)10-14-4-5-15(22)9-17(14)21/h4-5,9,13,16,18H,6-8,10-12H2,1-3H3/t16-,18-/m0/s1. The number of benzene rings is 1. The van der Waals surface area contributed by atoms with Crippen molar-refractivity contribution < 1.29 is 18.7 Å². The number of hydrogen-bond acceptors (Lipinski definition) is 3. The summed E-state index contributed by atoms with van der Waals surface area (Å²) in [6.07, 6.45) is 0.621. The van der Waals surface area contributed by atoms with Gasteiger partial charge in [0.15, 0.2) is 0 Å². The van der Waals surface area contributed by atoms with Crippen LogP contribution in [-0.2, 0) is 16.1 Å². The van der Waals surface area contributed by atoms with Crippen molar-refractivity contribution in [3.05, 3.63) is 34.6 Å². The van der Waals surface area contributed by atoms with Gasteiger partial charge in [-0.1, -0.05) is 31.5 Å². The second-order valence-electron chi connectivity index (χ2n) is 7.88. The lowest BCUT2D eigenvalue weighted by Gasteiger charge is -2.42. The summed E-state index contributed by atoms with van der Waals surface area (Å²) in [5.74, 6) is -0.141. The number of fused-ring (bicyclic) bond motifs is 1. The number of carbonyl (C=O) groups is 2. The maximum atomic E-state index is 13.3. The van der Waals surface area contributed by atoms with Gasteiger partial charge in [-0.15, -0.1) is 0 Å². The van der Waals surface area contributed by atoms with Gasteiger partial charge >= 0.3 is 6.03 Å². The molecule has 1 aromatic carbocycles. The minimum absolute atomic E-state index is 0.0167. The molecule has 2 fully saturated rings. The Morgan fingerprint density at radius 2 is 1.96 bits per heavy atom. The van der Waals surface area contributed by atoms with Crippen LogP contribution in [0.3, 0.4) is 0 Å². The first kappa shape index (κ1) is 20.9. The molecule has 28 heavy (non-hydrogen) atoms. The fourth-order valence-corrected chi connectivity index (χ4v) is 4.23. The first-order valence-corrected chi connectivity index (χ1v) is 9.98. The van der Waals surface area contributed by atoms with Crippen molar-refractivity contribution in [2.45, 2.75) is 38.9 Å². The van der Waals surface area contributed by atoms with Gasteiger partial charge in [0.05, 0.1) is 12.6 Å². The Kier molecular flexibility index (Phi) is 6.45. The largest absolute Gasteiger partial charge is 0.383 e. The van der Waals surface area contributed by atoms with E-state index in [1.54, 1.807) is 27.9 Å². The highest BCUT2D eigenvalue weighted by atomic mass is 35.5. The summed E-state index contributed by atoms with van der Waals surface area (Å²) in [7, 11) is 1.61. The van der Waals surface area contributed by atoms with Crippen molar-refractivity contribution in [1.29, 1.82) is 0 Å². The molecule has 0 radical (unpaired) electrons. The van der Waals surface area contributed by atoms with E-state index in [-0.39, 0.29) is 23.9 Å². The summed E-state index contributed by atoms with van der Waals surface area (Å²) in [6.45, 7) is 6.39. The van der Waals surface area contributed by atoms with Crippen molar-refractivity contribution in [2.75, 3.05) is 33.4 Å². The Bertz CT molecular complexity index is 745. The minimum Gasteiger partial charge on any atom is -0.383 e. The molecular weight excluding hydrogens is 385 g/mol. The molecule has 2 aliphatic rings. The summed E-state index contributed by atoms with van der Waals surface area (Å²) >= 11 is 6.14. The Morgan fingerprint density at radius 1 is 1.25 bits per heavy atom. The summed E-state index contributed by atoms with van der Waals surface area (Å²) in [5.41, 5.74) is 0.694. The van der Waals surface area contributed by atoms with E-state index in [0.29, 0.717) is 49.8 Å². The van der Waals surface area contributed by atoms with Crippen LogP contribution < -0.4 is 0 Å². The van der Waals surface area contributed by atoms with Crippen LogP contribution in [0.1, 0.15) is 25.8 Å². The van der Waals surface area contributed by atoms with Crippen molar-refractivity contribution in [2.24, 2.45) is 5.92 Å². The molecule has 2 atom stereocenters. The number of urea groups is 1. The second-order valence-corrected chi connectivity index (χ2v) is 8.29. The van der Waals surface area contributed by atoms with Crippen molar-refractivity contribution >= 4 is 23.5 Å². The molecular formula is C20H27ClFN3O3. The average Bonchev–Trinajstić information content (AvgIpc) is 2.93. The van der Waals surface area contributed by atoms with E-state index in [1.165, 1.54) is 12.1 Å². The molecule has 0 saturated carbocycles. The van der Waals surface area contributed by atoms with Crippen LogP contribution in [-0.4, -0.2) is 72.1 Å². The number of amides is 3. The number of hydrogen-bond donors (Lipinski definition) is 0. The zero-order chi connectivity index (χ0) is 20.4. The predicted molar refractivity (Wildman–Crippen MR) is 105 cm³/mol. The normalized spacial score (nSPS) is 22.4. The zero-order valence-electron chi connectivity index (χ0n) is 16.5. The molecule has 0 unspecified atom stereocenters. The van der Waals surface area contributed by atoms with Gasteiger partial charge in [-0.25, -0.2) is 9.18 Å². The zero-order valence-corrected chi connectivity index (χ0v) is 17.3.